The van der Waals surface area contributed by atoms with E-state index in [1.807, 2.05) is 30.0 Å². The van der Waals surface area contributed by atoms with Gasteiger partial charge in [0.15, 0.2) is 0 Å². The number of anilines is 1. The molecule has 1 unspecified atom stereocenters. The van der Waals surface area contributed by atoms with Crippen LogP contribution in [-0.4, -0.2) is 18.3 Å². The molecule has 4 heteroatoms. The van der Waals surface area contributed by atoms with E-state index in [-0.39, 0.29) is 11.8 Å². The number of aryl methyl sites for hydroxylation is 1. The summed E-state index contributed by atoms with van der Waals surface area (Å²) in [5, 5.41) is 0. The molecule has 1 fully saturated rings. The third-order valence-corrected chi connectivity index (χ3v) is 3.66. The van der Waals surface area contributed by atoms with Crippen molar-refractivity contribution in [2.24, 2.45) is 5.92 Å². The predicted molar refractivity (Wildman–Crippen MR) is 70.1 cm³/mol. The highest BCUT2D eigenvalue weighted by Crippen LogP contribution is 2.28. The Hall–Kier alpha value is -0.540. The summed E-state index contributed by atoms with van der Waals surface area (Å²) >= 11 is 9.25. The molecule has 1 aromatic rings. The largest absolute Gasteiger partial charge is 0.312 e. The lowest BCUT2D eigenvalue weighted by atomic mass is 10.1. The number of hydrogen-bond acceptors (Lipinski definition) is 1. The van der Waals surface area contributed by atoms with Crippen LogP contribution in [0.25, 0.3) is 0 Å². The lowest BCUT2D eigenvalue weighted by Gasteiger charge is -2.17. The Bertz CT molecular complexity index is 401. The van der Waals surface area contributed by atoms with Crippen LogP contribution in [0.5, 0.6) is 0 Å². The Kier molecular flexibility index (Phi) is 3.55. The number of amides is 1. The van der Waals surface area contributed by atoms with Crippen molar-refractivity contribution in [1.29, 1.82) is 0 Å². The summed E-state index contributed by atoms with van der Waals surface area (Å²) in [5.74, 6) is 1.01. The molecule has 0 N–H and O–H groups in total. The molecule has 0 aromatic heterocycles. The van der Waals surface area contributed by atoms with Crippen molar-refractivity contribution in [2.75, 3.05) is 17.3 Å². The normalized spacial score (nSPS) is 20.6. The van der Waals surface area contributed by atoms with Gasteiger partial charge in [-0.15, -0.1) is 11.6 Å². The lowest BCUT2D eigenvalue weighted by Crippen LogP contribution is -2.24. The number of nitrogens with zero attached hydrogens (tertiary/aromatic N) is 1. The highest BCUT2D eigenvalue weighted by molar-refractivity contribution is 9.10. The zero-order chi connectivity index (χ0) is 11.7. The summed E-state index contributed by atoms with van der Waals surface area (Å²) in [4.78, 5) is 13.6. The average Bonchev–Trinajstić information content (AvgIpc) is 2.58. The maximum absolute atomic E-state index is 11.8. The molecule has 86 valence electrons. The molecule has 1 saturated heterocycles. The van der Waals surface area contributed by atoms with Gasteiger partial charge in [0.1, 0.15) is 0 Å². The Morgan fingerprint density at radius 3 is 2.81 bits per heavy atom. The molecule has 2 rings (SSSR count). The molecule has 2 nitrogen and oxygen atoms in total. The molecule has 16 heavy (non-hydrogen) atoms. The average molecular weight is 303 g/mol. The number of halogens is 2. The van der Waals surface area contributed by atoms with Crippen LogP contribution in [0.15, 0.2) is 22.7 Å². The molecule has 1 atom stereocenters. The number of alkyl halides is 1. The number of benzene rings is 1. The Morgan fingerprint density at radius 2 is 2.25 bits per heavy atom. The van der Waals surface area contributed by atoms with E-state index < -0.39 is 0 Å². The van der Waals surface area contributed by atoms with Crippen molar-refractivity contribution in [3.8, 4) is 0 Å². The van der Waals surface area contributed by atoms with E-state index in [2.05, 4.69) is 15.9 Å². The van der Waals surface area contributed by atoms with Crippen molar-refractivity contribution >= 4 is 39.1 Å². The van der Waals surface area contributed by atoms with Crippen molar-refractivity contribution < 1.29 is 4.79 Å². The number of hydrogen-bond donors (Lipinski definition) is 0. The SMILES string of the molecule is Cc1cc(Br)cc(N2CC(CCl)CC2=O)c1. The highest BCUT2D eigenvalue weighted by atomic mass is 79.9. The summed E-state index contributed by atoms with van der Waals surface area (Å²) in [7, 11) is 0. The van der Waals surface area contributed by atoms with Gasteiger partial charge in [-0.2, -0.15) is 0 Å². The van der Waals surface area contributed by atoms with Crippen molar-refractivity contribution in [2.45, 2.75) is 13.3 Å². The molecule has 0 aliphatic carbocycles. The second kappa shape index (κ2) is 4.76. The van der Waals surface area contributed by atoms with Gasteiger partial charge in [-0.3, -0.25) is 4.79 Å². The third-order valence-electron chi connectivity index (χ3n) is 2.76. The second-order valence-electron chi connectivity index (χ2n) is 4.22. The van der Waals surface area contributed by atoms with Crippen LogP contribution >= 0.6 is 27.5 Å². The zero-order valence-electron chi connectivity index (χ0n) is 9.04. The van der Waals surface area contributed by atoms with Crippen LogP contribution in [0.3, 0.4) is 0 Å². The first kappa shape index (κ1) is 11.9. The highest BCUT2D eigenvalue weighted by Gasteiger charge is 2.29. The van der Waals surface area contributed by atoms with Gasteiger partial charge >= 0.3 is 0 Å². The van der Waals surface area contributed by atoms with Gasteiger partial charge in [0.25, 0.3) is 0 Å². The molecule has 0 radical (unpaired) electrons. The van der Waals surface area contributed by atoms with Gasteiger partial charge in [-0.25, -0.2) is 0 Å². The Morgan fingerprint density at radius 1 is 1.50 bits per heavy atom. The van der Waals surface area contributed by atoms with Gasteiger partial charge in [0, 0.05) is 29.0 Å². The molecule has 1 amide bonds. The Labute approximate surface area is 109 Å². The summed E-state index contributed by atoms with van der Waals surface area (Å²) in [6.07, 6.45) is 0.565. The molecule has 1 aliphatic rings. The third kappa shape index (κ3) is 2.41. The van der Waals surface area contributed by atoms with E-state index in [4.69, 9.17) is 11.6 Å². The first-order valence-electron chi connectivity index (χ1n) is 5.23. The molecule has 0 spiro atoms. The van der Waals surface area contributed by atoms with Crippen molar-refractivity contribution in [1.82, 2.24) is 0 Å². The van der Waals surface area contributed by atoms with E-state index in [1.54, 1.807) is 0 Å². The molecule has 1 aliphatic heterocycles. The quantitative estimate of drug-likeness (QED) is 0.767. The van der Waals surface area contributed by atoms with Crippen LogP contribution in [0.1, 0.15) is 12.0 Å². The van der Waals surface area contributed by atoms with Crippen LogP contribution in [0, 0.1) is 12.8 Å². The van der Waals surface area contributed by atoms with Gasteiger partial charge < -0.3 is 4.90 Å². The molecular formula is C12H13BrClNO. The van der Waals surface area contributed by atoms with Gasteiger partial charge in [-0.1, -0.05) is 15.9 Å². The molecular weight excluding hydrogens is 289 g/mol. The maximum Gasteiger partial charge on any atom is 0.227 e. The first-order chi connectivity index (χ1) is 7.60. The predicted octanol–water partition coefficient (Wildman–Crippen LogP) is 3.35. The molecule has 0 saturated carbocycles. The van der Waals surface area contributed by atoms with Gasteiger partial charge in [-0.05, 0) is 36.6 Å². The maximum atomic E-state index is 11.8. The fourth-order valence-electron chi connectivity index (χ4n) is 2.01. The number of carbonyl (C=O) groups is 1. The standard InChI is InChI=1S/C12H13BrClNO/c1-8-2-10(13)5-11(3-8)15-7-9(6-14)4-12(15)16/h2-3,5,9H,4,6-7H2,1H3. The minimum atomic E-state index is 0.170. The molecule has 1 aromatic carbocycles. The van der Waals surface area contributed by atoms with Crippen LogP contribution in [0.4, 0.5) is 5.69 Å². The minimum absolute atomic E-state index is 0.170. The molecule has 0 bridgehead atoms. The number of carbonyl (C=O) groups excluding carboxylic acids is 1. The van der Waals surface area contributed by atoms with Crippen LogP contribution in [-0.2, 0) is 4.79 Å². The lowest BCUT2D eigenvalue weighted by molar-refractivity contribution is -0.117. The minimum Gasteiger partial charge on any atom is -0.312 e. The zero-order valence-corrected chi connectivity index (χ0v) is 11.4. The first-order valence-corrected chi connectivity index (χ1v) is 6.56. The summed E-state index contributed by atoms with van der Waals surface area (Å²) in [6, 6.07) is 6.03. The van der Waals surface area contributed by atoms with Gasteiger partial charge in [0.2, 0.25) is 5.91 Å². The molecule has 1 heterocycles. The van der Waals surface area contributed by atoms with Crippen LogP contribution in [0.2, 0.25) is 0 Å². The van der Waals surface area contributed by atoms with E-state index in [0.29, 0.717) is 12.3 Å². The fraction of sp³-hybridized carbons (Fsp3) is 0.417. The van der Waals surface area contributed by atoms with E-state index in [1.165, 1.54) is 0 Å². The summed E-state index contributed by atoms with van der Waals surface area (Å²) in [6.45, 7) is 2.76. The fourth-order valence-corrected chi connectivity index (χ4v) is 2.81. The van der Waals surface area contributed by atoms with Crippen molar-refractivity contribution in [3.63, 3.8) is 0 Å². The van der Waals surface area contributed by atoms with Crippen molar-refractivity contribution in [3.05, 3.63) is 28.2 Å². The monoisotopic (exact) mass is 301 g/mol. The van der Waals surface area contributed by atoms with Gasteiger partial charge in [0.05, 0.1) is 0 Å². The van der Waals surface area contributed by atoms with E-state index >= 15 is 0 Å². The van der Waals surface area contributed by atoms with E-state index in [0.717, 1.165) is 22.3 Å². The van der Waals surface area contributed by atoms with E-state index in [9.17, 15) is 4.79 Å². The second-order valence-corrected chi connectivity index (χ2v) is 5.44. The van der Waals surface area contributed by atoms with Crippen LogP contribution < -0.4 is 4.90 Å². The number of rotatable bonds is 2. The Balaban J connectivity index is 2.27. The topological polar surface area (TPSA) is 20.3 Å². The smallest absolute Gasteiger partial charge is 0.227 e. The summed E-state index contributed by atoms with van der Waals surface area (Å²) in [5.41, 5.74) is 2.11. The summed E-state index contributed by atoms with van der Waals surface area (Å²) < 4.78 is 1.00.